The lowest BCUT2D eigenvalue weighted by atomic mass is 9.79. The summed E-state index contributed by atoms with van der Waals surface area (Å²) in [6.07, 6.45) is 5.35. The average molecular weight is 747 g/mol. The van der Waals surface area contributed by atoms with E-state index in [1.165, 1.54) is 0 Å². The summed E-state index contributed by atoms with van der Waals surface area (Å²) in [7, 11) is 0. The van der Waals surface area contributed by atoms with Gasteiger partial charge in [-0.3, -0.25) is 9.59 Å². The Hall–Kier alpha value is -3.86. The van der Waals surface area contributed by atoms with Crippen LogP contribution in [0.25, 0.3) is 22.0 Å². The van der Waals surface area contributed by atoms with Gasteiger partial charge in [-0.2, -0.15) is 0 Å². The second-order valence-electron chi connectivity index (χ2n) is 13.3. The van der Waals surface area contributed by atoms with Crippen LogP contribution < -0.4 is 5.73 Å². The van der Waals surface area contributed by atoms with Crippen LogP contribution in [0.3, 0.4) is 0 Å². The number of ether oxygens (including phenoxy) is 1. The van der Waals surface area contributed by atoms with Crippen LogP contribution >= 0.6 is 22.6 Å². The number of piperidine rings is 1. The standard InChI is InChI=1S/C38H43IN4O4/c1-38(2,39)47-37(46)42-21-19-31(28-13-8-12-27(22-28)26-10-4-3-5-11-26)33(25-42)36(45)43(30-17-18-30)24-29-23-41(20-9-16-35(40)44)34-15-7-6-14-32(29)34/h3-8,10-15,22-23,30-31,33H,9,16-21,24-25H2,1-2H3,(H2,40,44)/t31-,33+/m1/s1. The van der Waals surface area contributed by atoms with Gasteiger partial charge in [0, 0.05) is 55.7 Å². The van der Waals surface area contributed by atoms with Gasteiger partial charge in [-0.15, -0.1) is 0 Å². The first-order valence-corrected chi connectivity index (χ1v) is 17.6. The fourth-order valence-electron chi connectivity index (χ4n) is 6.85. The van der Waals surface area contributed by atoms with E-state index >= 15 is 0 Å². The van der Waals surface area contributed by atoms with Gasteiger partial charge >= 0.3 is 6.09 Å². The van der Waals surface area contributed by atoms with E-state index in [-0.39, 0.29) is 29.9 Å². The monoisotopic (exact) mass is 746 g/mol. The molecule has 1 aromatic heterocycles. The topological polar surface area (TPSA) is 97.9 Å². The Kier molecular flexibility index (Phi) is 9.91. The summed E-state index contributed by atoms with van der Waals surface area (Å²) < 4.78 is 7.27. The third-order valence-electron chi connectivity index (χ3n) is 9.24. The van der Waals surface area contributed by atoms with Crippen molar-refractivity contribution in [1.82, 2.24) is 14.4 Å². The zero-order valence-corrected chi connectivity index (χ0v) is 29.3. The number of primary amides is 1. The van der Waals surface area contributed by atoms with E-state index in [1.807, 2.05) is 44.2 Å². The number of hydrogen-bond acceptors (Lipinski definition) is 4. The van der Waals surface area contributed by atoms with Crippen molar-refractivity contribution in [3.63, 3.8) is 0 Å². The molecule has 1 aliphatic carbocycles. The van der Waals surface area contributed by atoms with Crippen LogP contribution in [0, 0.1) is 5.92 Å². The number of halogens is 1. The van der Waals surface area contributed by atoms with E-state index < -0.39 is 9.53 Å². The lowest BCUT2D eigenvalue weighted by molar-refractivity contribution is -0.139. The van der Waals surface area contributed by atoms with Crippen LogP contribution in [0.5, 0.6) is 0 Å². The summed E-state index contributed by atoms with van der Waals surface area (Å²) >= 11 is 2.12. The molecule has 6 rings (SSSR count). The number of rotatable bonds is 11. The second-order valence-corrected chi connectivity index (χ2v) is 15.9. The molecule has 2 fully saturated rings. The summed E-state index contributed by atoms with van der Waals surface area (Å²) in [5.41, 5.74) is 10.9. The lowest BCUT2D eigenvalue weighted by Crippen LogP contribution is -2.50. The summed E-state index contributed by atoms with van der Waals surface area (Å²) in [6, 6.07) is 27.2. The van der Waals surface area contributed by atoms with Crippen molar-refractivity contribution < 1.29 is 19.1 Å². The molecule has 2 aliphatic rings. The Labute approximate surface area is 290 Å². The number of carbonyl (C=O) groups excluding carboxylic acids is 3. The van der Waals surface area contributed by atoms with E-state index in [1.54, 1.807) is 4.90 Å². The van der Waals surface area contributed by atoms with E-state index in [0.717, 1.165) is 46.0 Å². The second kappa shape index (κ2) is 14.1. The molecule has 246 valence electrons. The fraction of sp³-hybridized carbons (Fsp3) is 0.395. The zero-order chi connectivity index (χ0) is 33.1. The van der Waals surface area contributed by atoms with Gasteiger partial charge in [0.2, 0.25) is 11.8 Å². The number of carbonyl (C=O) groups is 3. The maximum absolute atomic E-state index is 14.9. The first-order valence-electron chi connectivity index (χ1n) is 16.5. The summed E-state index contributed by atoms with van der Waals surface area (Å²) in [4.78, 5) is 43.3. The van der Waals surface area contributed by atoms with Crippen molar-refractivity contribution in [1.29, 1.82) is 0 Å². The Morgan fingerprint density at radius 1 is 0.957 bits per heavy atom. The van der Waals surface area contributed by atoms with Crippen LogP contribution in [0.2, 0.25) is 0 Å². The number of hydrogen-bond donors (Lipinski definition) is 1. The highest BCUT2D eigenvalue weighted by molar-refractivity contribution is 14.1. The number of fused-ring (bicyclic) bond motifs is 1. The van der Waals surface area contributed by atoms with Crippen molar-refractivity contribution in [2.75, 3.05) is 13.1 Å². The molecular weight excluding hydrogens is 703 g/mol. The molecule has 1 saturated carbocycles. The van der Waals surface area contributed by atoms with Crippen LogP contribution in [0.15, 0.2) is 85.1 Å². The molecule has 9 heteroatoms. The van der Waals surface area contributed by atoms with Gasteiger partial charge < -0.3 is 24.8 Å². The van der Waals surface area contributed by atoms with Gasteiger partial charge in [-0.05, 0) is 96.4 Å². The highest BCUT2D eigenvalue weighted by Gasteiger charge is 2.43. The van der Waals surface area contributed by atoms with Crippen molar-refractivity contribution in [2.45, 2.75) is 74.6 Å². The Morgan fingerprint density at radius 2 is 1.68 bits per heavy atom. The molecular formula is C38H43IN4O4. The SMILES string of the molecule is CC(C)(I)OC(=O)N1CC[C@H](c2cccc(-c3ccccc3)c2)[C@@H](C(=O)N(Cc2cn(CCCC(N)=O)c3ccccc23)C2CC2)C1. The first kappa shape index (κ1) is 33.1. The number of likely N-dealkylation sites (tertiary alicyclic amines) is 1. The third-order valence-corrected chi connectivity index (χ3v) is 9.47. The molecule has 0 spiro atoms. The largest absolute Gasteiger partial charge is 0.433 e. The fourth-order valence-corrected chi connectivity index (χ4v) is 7.03. The highest BCUT2D eigenvalue weighted by Crippen LogP contribution is 2.40. The van der Waals surface area contributed by atoms with Gasteiger partial charge in [-0.25, -0.2) is 4.79 Å². The highest BCUT2D eigenvalue weighted by atomic mass is 127. The zero-order valence-electron chi connectivity index (χ0n) is 27.1. The summed E-state index contributed by atoms with van der Waals surface area (Å²) in [6.45, 7) is 5.71. The molecule has 4 aromatic rings. The summed E-state index contributed by atoms with van der Waals surface area (Å²) in [5, 5.41) is 1.11. The van der Waals surface area contributed by atoms with Gasteiger partial charge in [0.1, 0.15) is 0 Å². The molecule has 0 bridgehead atoms. The molecule has 3 aromatic carbocycles. The predicted molar refractivity (Wildman–Crippen MR) is 193 cm³/mol. The first-order chi connectivity index (χ1) is 22.6. The molecule has 1 aliphatic heterocycles. The van der Waals surface area contributed by atoms with Crippen molar-refractivity contribution >= 4 is 51.4 Å². The molecule has 2 atom stereocenters. The maximum atomic E-state index is 14.9. The van der Waals surface area contributed by atoms with Gasteiger partial charge in [0.05, 0.1) is 5.92 Å². The van der Waals surface area contributed by atoms with Crippen LogP contribution in [-0.2, 0) is 27.4 Å². The molecule has 3 amide bonds. The average Bonchev–Trinajstić information content (AvgIpc) is 3.85. The molecule has 0 radical (unpaired) electrons. The van der Waals surface area contributed by atoms with Gasteiger partial charge in [0.25, 0.3) is 0 Å². The number of amides is 3. The normalized spacial score (nSPS) is 18.2. The van der Waals surface area contributed by atoms with E-state index in [0.29, 0.717) is 45.4 Å². The van der Waals surface area contributed by atoms with E-state index in [9.17, 15) is 14.4 Å². The third kappa shape index (κ3) is 8.00. The van der Waals surface area contributed by atoms with Crippen LogP contribution in [-0.4, -0.2) is 55.0 Å². The molecule has 2 N–H and O–H groups in total. The number of aromatic nitrogens is 1. The molecule has 47 heavy (non-hydrogen) atoms. The minimum atomic E-state index is -0.652. The molecule has 0 unspecified atom stereocenters. The minimum absolute atomic E-state index is 0.0424. The maximum Gasteiger partial charge on any atom is 0.411 e. The smallest absolute Gasteiger partial charge is 0.411 e. The van der Waals surface area contributed by atoms with E-state index in [4.69, 9.17) is 10.5 Å². The van der Waals surface area contributed by atoms with Crippen molar-refractivity contribution in [3.8, 4) is 11.1 Å². The lowest BCUT2D eigenvalue weighted by Gasteiger charge is -2.40. The van der Waals surface area contributed by atoms with Crippen molar-refractivity contribution in [3.05, 3.63) is 96.2 Å². The van der Waals surface area contributed by atoms with Crippen LogP contribution in [0.4, 0.5) is 4.79 Å². The van der Waals surface area contributed by atoms with Crippen molar-refractivity contribution in [2.24, 2.45) is 11.7 Å². The van der Waals surface area contributed by atoms with Crippen LogP contribution in [0.1, 0.15) is 63.0 Å². The number of aryl methyl sites for hydroxylation is 1. The summed E-state index contributed by atoms with van der Waals surface area (Å²) in [5.74, 6) is -0.675. The molecule has 2 heterocycles. The predicted octanol–water partition coefficient (Wildman–Crippen LogP) is 7.48. The Morgan fingerprint density at radius 3 is 2.40 bits per heavy atom. The number of alkyl halides is 1. The quantitative estimate of drug-likeness (QED) is 0.127. The molecule has 8 nitrogen and oxygen atoms in total. The number of benzene rings is 3. The Balaban J connectivity index is 1.31. The minimum Gasteiger partial charge on any atom is -0.433 e. The number of nitrogens with two attached hydrogens (primary N) is 1. The Bertz CT molecular complexity index is 1740. The van der Waals surface area contributed by atoms with E-state index in [2.05, 4.69) is 86.8 Å². The number of nitrogens with zero attached hydrogens (tertiary/aromatic N) is 3. The van der Waals surface area contributed by atoms with Gasteiger partial charge in [0.15, 0.2) is 3.61 Å². The molecule has 1 saturated heterocycles. The number of para-hydroxylation sites is 1. The van der Waals surface area contributed by atoms with Gasteiger partial charge in [-0.1, -0.05) is 72.8 Å².